The maximum Gasteiger partial charge on any atom is 0.230 e. The van der Waals surface area contributed by atoms with Gasteiger partial charge in [0, 0.05) is 6.54 Å². The van der Waals surface area contributed by atoms with Gasteiger partial charge >= 0.3 is 0 Å². The number of nitrogens with zero attached hydrogens (tertiary/aromatic N) is 3. The van der Waals surface area contributed by atoms with E-state index in [1.807, 2.05) is 73.9 Å². The van der Waals surface area contributed by atoms with E-state index in [4.69, 9.17) is 9.47 Å². The standard InChI is InChI=1S/C23H28N4O3S/c1-5-27-21(14-30-19-12-11-16(2)13-20(19)29-4)25-26-23(27)31-15-22(28)24-17(3)18-9-7-6-8-10-18/h6-13,17H,5,14-15H2,1-4H3,(H,24,28)/t17-/m0/s1. The molecule has 31 heavy (non-hydrogen) atoms. The Hall–Kier alpha value is -3.00. The maximum atomic E-state index is 12.4. The Morgan fingerprint density at radius 2 is 1.94 bits per heavy atom. The minimum absolute atomic E-state index is 0.0470. The molecule has 0 unspecified atom stereocenters. The quantitative estimate of drug-likeness (QED) is 0.477. The summed E-state index contributed by atoms with van der Waals surface area (Å²) in [4.78, 5) is 12.4. The Morgan fingerprint density at radius 3 is 2.65 bits per heavy atom. The fourth-order valence-electron chi connectivity index (χ4n) is 3.12. The third kappa shape index (κ3) is 6.01. The van der Waals surface area contributed by atoms with Crippen molar-refractivity contribution in [3.8, 4) is 11.5 Å². The Balaban J connectivity index is 1.58. The molecule has 1 amide bonds. The van der Waals surface area contributed by atoms with Gasteiger partial charge in [0.25, 0.3) is 0 Å². The van der Waals surface area contributed by atoms with E-state index in [1.54, 1.807) is 7.11 Å². The van der Waals surface area contributed by atoms with Crippen molar-refractivity contribution in [3.05, 3.63) is 65.5 Å². The molecular formula is C23H28N4O3S. The van der Waals surface area contributed by atoms with E-state index in [1.165, 1.54) is 11.8 Å². The smallest absolute Gasteiger partial charge is 0.230 e. The van der Waals surface area contributed by atoms with Gasteiger partial charge < -0.3 is 19.4 Å². The lowest BCUT2D eigenvalue weighted by atomic mass is 10.1. The molecule has 0 aliphatic heterocycles. The first kappa shape index (κ1) is 22.7. The molecule has 3 aromatic rings. The summed E-state index contributed by atoms with van der Waals surface area (Å²) < 4.78 is 13.3. The van der Waals surface area contributed by atoms with E-state index in [9.17, 15) is 4.79 Å². The third-order valence-electron chi connectivity index (χ3n) is 4.80. The molecule has 0 fully saturated rings. The van der Waals surface area contributed by atoms with Gasteiger partial charge in [-0.2, -0.15) is 0 Å². The van der Waals surface area contributed by atoms with Gasteiger partial charge in [-0.15, -0.1) is 10.2 Å². The van der Waals surface area contributed by atoms with Gasteiger partial charge in [-0.3, -0.25) is 4.79 Å². The summed E-state index contributed by atoms with van der Waals surface area (Å²) in [5.41, 5.74) is 2.17. The first-order chi connectivity index (χ1) is 15.0. The average Bonchev–Trinajstić information content (AvgIpc) is 3.19. The van der Waals surface area contributed by atoms with Gasteiger partial charge in [0.15, 0.2) is 22.5 Å². The van der Waals surface area contributed by atoms with Crippen molar-refractivity contribution >= 4 is 17.7 Å². The van der Waals surface area contributed by atoms with Crippen LogP contribution in [-0.2, 0) is 17.9 Å². The number of amides is 1. The molecule has 0 radical (unpaired) electrons. The molecule has 7 nitrogen and oxygen atoms in total. The predicted octanol–water partition coefficient (Wildman–Crippen LogP) is 4.16. The zero-order valence-electron chi connectivity index (χ0n) is 18.3. The van der Waals surface area contributed by atoms with Crippen LogP contribution in [-0.4, -0.2) is 33.5 Å². The summed E-state index contributed by atoms with van der Waals surface area (Å²) in [7, 11) is 1.62. The summed E-state index contributed by atoms with van der Waals surface area (Å²) in [5.74, 6) is 2.26. The highest BCUT2D eigenvalue weighted by Crippen LogP contribution is 2.28. The molecule has 0 aliphatic carbocycles. The highest BCUT2D eigenvalue weighted by atomic mass is 32.2. The van der Waals surface area contributed by atoms with E-state index in [2.05, 4.69) is 15.5 Å². The van der Waals surface area contributed by atoms with Gasteiger partial charge in [-0.1, -0.05) is 48.2 Å². The van der Waals surface area contributed by atoms with Crippen molar-refractivity contribution in [2.45, 2.75) is 45.1 Å². The number of carbonyl (C=O) groups excluding carboxylic acids is 1. The minimum atomic E-state index is -0.0493. The zero-order chi connectivity index (χ0) is 22.2. The number of hydrogen-bond acceptors (Lipinski definition) is 6. The van der Waals surface area contributed by atoms with Crippen molar-refractivity contribution < 1.29 is 14.3 Å². The molecule has 164 valence electrons. The van der Waals surface area contributed by atoms with E-state index >= 15 is 0 Å². The van der Waals surface area contributed by atoms with Crippen molar-refractivity contribution in [3.63, 3.8) is 0 Å². The van der Waals surface area contributed by atoms with Gasteiger partial charge in [0.1, 0.15) is 6.61 Å². The lowest BCUT2D eigenvalue weighted by Gasteiger charge is -2.14. The van der Waals surface area contributed by atoms with Crippen LogP contribution in [0, 0.1) is 6.92 Å². The van der Waals surface area contributed by atoms with Crippen LogP contribution in [0.15, 0.2) is 53.7 Å². The van der Waals surface area contributed by atoms with Crippen LogP contribution in [0.4, 0.5) is 0 Å². The van der Waals surface area contributed by atoms with Crippen LogP contribution in [0.5, 0.6) is 11.5 Å². The second-order valence-electron chi connectivity index (χ2n) is 7.07. The number of nitrogens with one attached hydrogen (secondary N) is 1. The highest BCUT2D eigenvalue weighted by molar-refractivity contribution is 7.99. The average molecular weight is 441 g/mol. The lowest BCUT2D eigenvalue weighted by molar-refractivity contribution is -0.119. The summed E-state index contributed by atoms with van der Waals surface area (Å²) >= 11 is 1.37. The molecule has 2 aromatic carbocycles. The molecular weight excluding hydrogens is 412 g/mol. The Labute approximate surface area is 187 Å². The monoisotopic (exact) mass is 440 g/mol. The number of rotatable bonds is 10. The number of aryl methyl sites for hydroxylation is 1. The van der Waals surface area contributed by atoms with Crippen LogP contribution in [0.1, 0.15) is 36.8 Å². The second-order valence-corrected chi connectivity index (χ2v) is 8.02. The predicted molar refractivity (Wildman–Crippen MR) is 121 cm³/mol. The molecule has 8 heteroatoms. The Bertz CT molecular complexity index is 1010. The second kappa shape index (κ2) is 10.9. The molecule has 1 aromatic heterocycles. The van der Waals surface area contributed by atoms with Crippen LogP contribution >= 0.6 is 11.8 Å². The maximum absolute atomic E-state index is 12.4. The van der Waals surface area contributed by atoms with Crippen molar-refractivity contribution in [1.82, 2.24) is 20.1 Å². The highest BCUT2D eigenvalue weighted by Gasteiger charge is 2.16. The normalized spacial score (nSPS) is 11.7. The van der Waals surface area contributed by atoms with Crippen LogP contribution in [0.2, 0.25) is 0 Å². The van der Waals surface area contributed by atoms with E-state index < -0.39 is 0 Å². The van der Waals surface area contributed by atoms with E-state index in [0.717, 1.165) is 11.1 Å². The minimum Gasteiger partial charge on any atom is -0.493 e. The molecule has 0 aliphatic rings. The van der Waals surface area contributed by atoms with Gasteiger partial charge in [0.05, 0.1) is 18.9 Å². The number of benzene rings is 2. The summed E-state index contributed by atoms with van der Waals surface area (Å²) in [5, 5.41) is 12.2. The first-order valence-corrected chi connectivity index (χ1v) is 11.2. The zero-order valence-corrected chi connectivity index (χ0v) is 19.1. The number of hydrogen-bond donors (Lipinski definition) is 1. The Kier molecular flexibility index (Phi) is 7.94. The van der Waals surface area contributed by atoms with Crippen LogP contribution in [0.3, 0.4) is 0 Å². The summed E-state index contributed by atoms with van der Waals surface area (Å²) in [6.45, 7) is 6.93. The van der Waals surface area contributed by atoms with Crippen molar-refractivity contribution in [2.24, 2.45) is 0 Å². The van der Waals surface area contributed by atoms with Gasteiger partial charge in [-0.25, -0.2) is 0 Å². The topological polar surface area (TPSA) is 78.3 Å². The molecule has 1 heterocycles. The lowest BCUT2D eigenvalue weighted by Crippen LogP contribution is -2.28. The number of carbonyl (C=O) groups is 1. The van der Waals surface area contributed by atoms with Crippen molar-refractivity contribution in [1.29, 1.82) is 0 Å². The van der Waals surface area contributed by atoms with E-state index in [-0.39, 0.29) is 24.3 Å². The van der Waals surface area contributed by atoms with Crippen molar-refractivity contribution in [2.75, 3.05) is 12.9 Å². The van der Waals surface area contributed by atoms with Crippen LogP contribution < -0.4 is 14.8 Å². The van der Waals surface area contributed by atoms with Crippen LogP contribution in [0.25, 0.3) is 0 Å². The largest absolute Gasteiger partial charge is 0.493 e. The number of methoxy groups -OCH3 is 1. The fraction of sp³-hybridized carbons (Fsp3) is 0.348. The number of thioether (sulfide) groups is 1. The van der Waals surface area contributed by atoms with Gasteiger partial charge in [-0.05, 0) is 44.0 Å². The molecule has 0 saturated carbocycles. The summed E-state index contributed by atoms with van der Waals surface area (Å²) in [6.07, 6.45) is 0. The van der Waals surface area contributed by atoms with Gasteiger partial charge in [0.2, 0.25) is 5.91 Å². The molecule has 0 saturated heterocycles. The fourth-order valence-corrected chi connectivity index (χ4v) is 3.96. The molecule has 3 rings (SSSR count). The number of ether oxygens (including phenoxy) is 2. The molecule has 0 spiro atoms. The number of aromatic nitrogens is 3. The Morgan fingerprint density at radius 1 is 1.16 bits per heavy atom. The first-order valence-electron chi connectivity index (χ1n) is 10.2. The molecule has 1 atom stereocenters. The SMILES string of the molecule is CCn1c(COc2ccc(C)cc2OC)nnc1SCC(=O)N[C@@H](C)c1ccccc1. The van der Waals surface area contributed by atoms with E-state index in [0.29, 0.717) is 29.0 Å². The molecule has 1 N–H and O–H groups in total. The molecule has 0 bridgehead atoms. The summed E-state index contributed by atoms with van der Waals surface area (Å²) in [6, 6.07) is 15.6. The third-order valence-corrected chi connectivity index (χ3v) is 5.76.